The van der Waals surface area contributed by atoms with Crippen LogP contribution in [0.3, 0.4) is 0 Å². The number of unbranched alkanes of at least 4 members (excludes halogenated alkanes) is 1. The molecule has 1 aromatic carbocycles. The van der Waals surface area contributed by atoms with Crippen LogP contribution in [0, 0.1) is 0 Å². The maximum Gasteiger partial charge on any atom is 0.237 e. The average Bonchev–Trinajstić information content (AvgIpc) is 2.49. The zero-order valence-electron chi connectivity index (χ0n) is 12.7. The number of benzene rings is 1. The van der Waals surface area contributed by atoms with Crippen molar-refractivity contribution in [2.75, 3.05) is 19.7 Å². The molecule has 2 N–H and O–H groups in total. The molecule has 0 saturated carbocycles. The van der Waals surface area contributed by atoms with Crippen LogP contribution in [-0.2, 0) is 9.59 Å². The number of amides is 2. The van der Waals surface area contributed by atoms with Gasteiger partial charge in [0.15, 0.2) is 0 Å². The van der Waals surface area contributed by atoms with E-state index < -0.39 is 5.91 Å². The number of hydrogen-bond donors (Lipinski definition) is 1. The Bertz CT molecular complexity index is 562. The minimum absolute atomic E-state index is 0.0495. The number of nitrogens with zero attached hydrogens (tertiary/aromatic N) is 1. The molecule has 5 nitrogen and oxygen atoms in total. The quantitative estimate of drug-likeness (QED) is 0.872. The lowest BCUT2D eigenvalue weighted by molar-refractivity contribution is -0.137. The molecule has 0 saturated heterocycles. The molecule has 0 radical (unpaired) electrons. The van der Waals surface area contributed by atoms with Crippen LogP contribution >= 0.6 is 11.6 Å². The first-order valence-corrected chi connectivity index (χ1v) is 7.90. The molecule has 22 heavy (non-hydrogen) atoms. The van der Waals surface area contributed by atoms with Gasteiger partial charge in [0.1, 0.15) is 5.75 Å². The number of nitrogens with two attached hydrogens (primary N) is 1. The molecule has 120 valence electrons. The number of halogens is 1. The van der Waals surface area contributed by atoms with E-state index in [1.807, 2.05) is 6.92 Å². The Labute approximate surface area is 135 Å². The topological polar surface area (TPSA) is 72.6 Å². The van der Waals surface area contributed by atoms with E-state index in [9.17, 15) is 9.59 Å². The highest BCUT2D eigenvalue weighted by Gasteiger charge is 2.31. The number of carbonyl (C=O) groups excluding carboxylic acids is 2. The summed E-state index contributed by atoms with van der Waals surface area (Å²) in [5.74, 6) is -0.232. The molecular weight excluding hydrogens is 304 g/mol. The number of primary amides is 1. The fourth-order valence-corrected chi connectivity index (χ4v) is 2.83. The fourth-order valence-electron chi connectivity index (χ4n) is 2.65. The molecule has 0 fully saturated rings. The van der Waals surface area contributed by atoms with Crippen LogP contribution in [0.4, 0.5) is 0 Å². The zero-order chi connectivity index (χ0) is 16.1. The minimum Gasteiger partial charge on any atom is -0.493 e. The second-order valence-electron chi connectivity index (χ2n) is 5.45. The molecule has 0 aromatic heterocycles. The van der Waals surface area contributed by atoms with Crippen LogP contribution in [-0.4, -0.2) is 36.4 Å². The predicted octanol–water partition coefficient (Wildman–Crippen LogP) is 2.32. The summed E-state index contributed by atoms with van der Waals surface area (Å²) in [6.07, 6.45) is 2.36. The molecule has 6 heteroatoms. The van der Waals surface area contributed by atoms with Gasteiger partial charge in [0.2, 0.25) is 11.8 Å². The van der Waals surface area contributed by atoms with E-state index in [0.717, 1.165) is 18.4 Å². The molecular formula is C16H21ClN2O3. The van der Waals surface area contributed by atoms with E-state index in [1.54, 1.807) is 23.1 Å². The largest absolute Gasteiger partial charge is 0.493 e. The number of fused-ring (bicyclic) bond motifs is 1. The van der Waals surface area contributed by atoms with Gasteiger partial charge in [-0.05, 0) is 31.0 Å². The molecule has 0 aliphatic carbocycles. The molecule has 1 aromatic rings. The minimum atomic E-state index is -0.497. The molecule has 1 aliphatic rings. The van der Waals surface area contributed by atoms with E-state index in [1.165, 1.54) is 0 Å². The van der Waals surface area contributed by atoms with E-state index in [0.29, 0.717) is 30.3 Å². The highest BCUT2D eigenvalue weighted by molar-refractivity contribution is 6.30. The third kappa shape index (κ3) is 3.91. The number of rotatable bonds is 6. The second kappa shape index (κ2) is 7.49. The standard InChI is InChI=1S/C16H21ClN2O3/c1-2-3-7-19(10-15(18)20)16(21)12-6-8-22-14-5-4-11(17)9-13(12)14/h4-5,9,12H,2-3,6-8,10H2,1H3,(H2,18,20)/t12-/m0/s1. The normalized spacial score (nSPS) is 16.5. The lowest BCUT2D eigenvalue weighted by atomic mass is 9.91. The van der Waals surface area contributed by atoms with E-state index >= 15 is 0 Å². The van der Waals surface area contributed by atoms with E-state index in [4.69, 9.17) is 22.1 Å². The molecule has 2 rings (SSSR count). The lowest BCUT2D eigenvalue weighted by Crippen LogP contribution is -2.42. The lowest BCUT2D eigenvalue weighted by Gasteiger charge is -2.30. The van der Waals surface area contributed by atoms with Gasteiger partial charge in [-0.15, -0.1) is 0 Å². The Kier molecular flexibility index (Phi) is 5.66. The third-order valence-electron chi connectivity index (χ3n) is 3.75. The molecule has 1 aliphatic heterocycles. The van der Waals surface area contributed by atoms with Crippen LogP contribution < -0.4 is 10.5 Å². The number of carbonyl (C=O) groups is 2. The molecule has 0 bridgehead atoms. The van der Waals surface area contributed by atoms with Crippen molar-refractivity contribution in [3.63, 3.8) is 0 Å². The Morgan fingerprint density at radius 1 is 1.45 bits per heavy atom. The average molecular weight is 325 g/mol. The van der Waals surface area contributed by atoms with Gasteiger partial charge in [0, 0.05) is 17.1 Å². The van der Waals surface area contributed by atoms with E-state index in [-0.39, 0.29) is 18.4 Å². The highest BCUT2D eigenvalue weighted by Crippen LogP contribution is 2.36. The summed E-state index contributed by atoms with van der Waals surface area (Å²) in [6.45, 7) is 3.00. The van der Waals surface area contributed by atoms with Gasteiger partial charge in [-0.2, -0.15) is 0 Å². The third-order valence-corrected chi connectivity index (χ3v) is 3.98. The summed E-state index contributed by atoms with van der Waals surface area (Å²) in [6, 6.07) is 5.29. The van der Waals surface area contributed by atoms with Crippen molar-refractivity contribution in [2.45, 2.75) is 32.1 Å². The highest BCUT2D eigenvalue weighted by atomic mass is 35.5. The van der Waals surface area contributed by atoms with E-state index in [2.05, 4.69) is 0 Å². The molecule has 1 atom stereocenters. The predicted molar refractivity (Wildman–Crippen MR) is 85.0 cm³/mol. The zero-order valence-corrected chi connectivity index (χ0v) is 13.4. The first-order chi connectivity index (χ1) is 10.5. The Hall–Kier alpha value is -1.75. The molecule has 1 heterocycles. The van der Waals surface area contributed by atoms with Crippen molar-refractivity contribution >= 4 is 23.4 Å². The summed E-state index contributed by atoms with van der Waals surface area (Å²) in [7, 11) is 0. The second-order valence-corrected chi connectivity index (χ2v) is 5.89. The Morgan fingerprint density at radius 2 is 2.23 bits per heavy atom. The van der Waals surface area contributed by atoms with Gasteiger partial charge >= 0.3 is 0 Å². The van der Waals surface area contributed by atoms with Gasteiger partial charge in [0.25, 0.3) is 0 Å². The number of ether oxygens (including phenoxy) is 1. The van der Waals surface area contributed by atoms with Crippen LogP contribution in [0.25, 0.3) is 0 Å². The maximum absolute atomic E-state index is 12.8. The van der Waals surface area contributed by atoms with Crippen molar-refractivity contribution in [1.29, 1.82) is 0 Å². The van der Waals surface area contributed by atoms with Gasteiger partial charge in [0.05, 0.1) is 19.1 Å². The maximum atomic E-state index is 12.8. The Balaban J connectivity index is 2.23. The first-order valence-electron chi connectivity index (χ1n) is 7.52. The van der Waals surface area contributed by atoms with Crippen LogP contribution in [0.5, 0.6) is 5.75 Å². The smallest absolute Gasteiger partial charge is 0.237 e. The van der Waals surface area contributed by atoms with Crippen molar-refractivity contribution in [1.82, 2.24) is 4.90 Å². The van der Waals surface area contributed by atoms with Gasteiger partial charge in [-0.3, -0.25) is 9.59 Å². The van der Waals surface area contributed by atoms with Crippen LogP contribution in [0.1, 0.15) is 37.7 Å². The van der Waals surface area contributed by atoms with Crippen molar-refractivity contribution < 1.29 is 14.3 Å². The van der Waals surface area contributed by atoms with Gasteiger partial charge < -0.3 is 15.4 Å². The van der Waals surface area contributed by atoms with Crippen molar-refractivity contribution in [3.05, 3.63) is 28.8 Å². The molecule has 0 spiro atoms. The van der Waals surface area contributed by atoms with Gasteiger partial charge in [-0.25, -0.2) is 0 Å². The monoisotopic (exact) mass is 324 g/mol. The molecule has 2 amide bonds. The molecule has 0 unspecified atom stereocenters. The summed E-state index contributed by atoms with van der Waals surface area (Å²) in [5, 5.41) is 0.567. The van der Waals surface area contributed by atoms with Crippen LogP contribution in [0.15, 0.2) is 18.2 Å². The summed E-state index contributed by atoms with van der Waals surface area (Å²) in [5.41, 5.74) is 6.06. The van der Waals surface area contributed by atoms with Crippen molar-refractivity contribution in [3.8, 4) is 5.75 Å². The van der Waals surface area contributed by atoms with Crippen LogP contribution in [0.2, 0.25) is 5.02 Å². The summed E-state index contributed by atoms with van der Waals surface area (Å²) in [4.78, 5) is 25.6. The number of hydrogen-bond acceptors (Lipinski definition) is 3. The van der Waals surface area contributed by atoms with Gasteiger partial charge in [-0.1, -0.05) is 24.9 Å². The summed E-state index contributed by atoms with van der Waals surface area (Å²) < 4.78 is 5.58. The Morgan fingerprint density at radius 3 is 2.91 bits per heavy atom. The first kappa shape index (κ1) is 16.6. The summed E-state index contributed by atoms with van der Waals surface area (Å²) >= 11 is 6.04. The SMILES string of the molecule is CCCCN(CC(N)=O)C(=O)[C@H]1CCOc2ccc(Cl)cc21. The fraction of sp³-hybridized carbons (Fsp3) is 0.500. The van der Waals surface area contributed by atoms with Crippen molar-refractivity contribution in [2.24, 2.45) is 5.73 Å².